The summed E-state index contributed by atoms with van der Waals surface area (Å²) in [6.45, 7) is 9.14. The number of rotatable bonds is 4. The minimum absolute atomic E-state index is 0.156. The Kier molecular flexibility index (Phi) is 3.71. The third kappa shape index (κ3) is 2.66. The van der Waals surface area contributed by atoms with Crippen LogP contribution >= 0.6 is 0 Å². The molecule has 0 aromatic heterocycles. The normalized spacial score (nSPS) is 36.5. The van der Waals surface area contributed by atoms with Crippen molar-refractivity contribution in [1.29, 1.82) is 0 Å². The molecule has 0 aliphatic carbocycles. The van der Waals surface area contributed by atoms with Crippen LogP contribution in [0.4, 0.5) is 0 Å². The summed E-state index contributed by atoms with van der Waals surface area (Å²) in [4.78, 5) is 0. The molecule has 1 aliphatic heterocycles. The van der Waals surface area contributed by atoms with Crippen LogP contribution in [0.2, 0.25) is 0 Å². The second-order valence-electron chi connectivity index (χ2n) is 4.40. The van der Waals surface area contributed by atoms with Gasteiger partial charge in [-0.25, -0.2) is 0 Å². The summed E-state index contributed by atoms with van der Waals surface area (Å²) in [5.41, 5.74) is 5.72. The molecule has 1 heterocycles. The molecule has 0 saturated carbocycles. The molecule has 3 heteroatoms. The van der Waals surface area contributed by atoms with Gasteiger partial charge in [-0.15, -0.1) is 0 Å². The molecule has 0 amide bonds. The van der Waals surface area contributed by atoms with Crippen LogP contribution in [0.15, 0.2) is 0 Å². The van der Waals surface area contributed by atoms with Gasteiger partial charge < -0.3 is 15.8 Å². The number of ether oxygens (including phenoxy) is 1. The van der Waals surface area contributed by atoms with E-state index < -0.39 is 0 Å². The fraction of sp³-hybridized carbons (Fsp3) is 1.00. The van der Waals surface area contributed by atoms with Gasteiger partial charge in [-0.05, 0) is 39.3 Å². The lowest BCUT2D eigenvalue weighted by atomic mass is 9.94. The van der Waals surface area contributed by atoms with E-state index in [4.69, 9.17) is 10.5 Å². The summed E-state index contributed by atoms with van der Waals surface area (Å²) in [5.74, 6) is 0.546. The van der Waals surface area contributed by atoms with Crippen molar-refractivity contribution in [2.75, 3.05) is 19.7 Å². The van der Waals surface area contributed by atoms with E-state index in [-0.39, 0.29) is 5.54 Å². The predicted octanol–water partition coefficient (Wildman–Crippen LogP) is 0.738. The van der Waals surface area contributed by atoms with Gasteiger partial charge in [-0.2, -0.15) is 0 Å². The largest absolute Gasteiger partial charge is 0.377 e. The Balaban J connectivity index is 2.34. The van der Waals surface area contributed by atoms with E-state index in [0.29, 0.717) is 12.0 Å². The monoisotopic (exact) mass is 186 g/mol. The summed E-state index contributed by atoms with van der Waals surface area (Å²) in [7, 11) is 0. The lowest BCUT2D eigenvalue weighted by molar-refractivity contribution is 0.0875. The molecule has 0 aromatic carbocycles. The van der Waals surface area contributed by atoms with Crippen molar-refractivity contribution in [1.82, 2.24) is 5.32 Å². The van der Waals surface area contributed by atoms with E-state index >= 15 is 0 Å². The van der Waals surface area contributed by atoms with Gasteiger partial charge in [0, 0.05) is 12.1 Å². The summed E-state index contributed by atoms with van der Waals surface area (Å²) in [6.07, 6.45) is 1.42. The molecule has 1 aliphatic rings. The Bertz CT molecular complexity index is 163. The van der Waals surface area contributed by atoms with E-state index in [0.717, 1.165) is 26.1 Å². The summed E-state index contributed by atoms with van der Waals surface area (Å²) < 4.78 is 5.54. The molecule has 1 rings (SSSR count). The zero-order valence-electron chi connectivity index (χ0n) is 8.97. The van der Waals surface area contributed by atoms with Crippen molar-refractivity contribution in [2.24, 2.45) is 11.7 Å². The molecule has 3 unspecified atom stereocenters. The number of hydrogen-bond acceptors (Lipinski definition) is 3. The van der Waals surface area contributed by atoms with Crippen LogP contribution in [0.3, 0.4) is 0 Å². The Labute approximate surface area is 81.0 Å². The molecule has 3 atom stereocenters. The quantitative estimate of drug-likeness (QED) is 0.680. The maximum absolute atomic E-state index is 5.56. The molecule has 0 spiro atoms. The predicted molar refractivity (Wildman–Crippen MR) is 54.7 cm³/mol. The maximum atomic E-state index is 5.56. The van der Waals surface area contributed by atoms with Crippen LogP contribution in [-0.4, -0.2) is 31.3 Å². The van der Waals surface area contributed by atoms with Gasteiger partial charge >= 0.3 is 0 Å². The summed E-state index contributed by atoms with van der Waals surface area (Å²) >= 11 is 0. The van der Waals surface area contributed by atoms with Crippen molar-refractivity contribution >= 4 is 0 Å². The first-order valence-corrected chi connectivity index (χ1v) is 5.15. The van der Waals surface area contributed by atoms with E-state index in [9.17, 15) is 0 Å². The maximum Gasteiger partial charge on any atom is 0.0726 e. The van der Waals surface area contributed by atoms with Crippen molar-refractivity contribution in [3.63, 3.8) is 0 Å². The van der Waals surface area contributed by atoms with Crippen molar-refractivity contribution < 1.29 is 4.74 Å². The van der Waals surface area contributed by atoms with E-state index in [1.54, 1.807) is 0 Å². The summed E-state index contributed by atoms with van der Waals surface area (Å²) in [5, 5.41) is 3.55. The van der Waals surface area contributed by atoms with Crippen LogP contribution in [0.5, 0.6) is 0 Å². The number of hydrogen-bond donors (Lipinski definition) is 2. The van der Waals surface area contributed by atoms with Crippen LogP contribution in [0.25, 0.3) is 0 Å². The van der Waals surface area contributed by atoms with Gasteiger partial charge in [0.25, 0.3) is 0 Å². The number of nitrogens with one attached hydrogen (secondary N) is 1. The highest BCUT2D eigenvalue weighted by Gasteiger charge is 2.36. The number of nitrogens with two attached hydrogens (primary N) is 1. The second kappa shape index (κ2) is 4.40. The molecule has 13 heavy (non-hydrogen) atoms. The Morgan fingerprint density at radius 3 is 2.85 bits per heavy atom. The molecule has 1 saturated heterocycles. The highest BCUT2D eigenvalue weighted by molar-refractivity contribution is 4.93. The first kappa shape index (κ1) is 11.0. The zero-order valence-corrected chi connectivity index (χ0v) is 8.97. The molecule has 78 valence electrons. The van der Waals surface area contributed by atoms with Crippen molar-refractivity contribution in [2.45, 2.75) is 38.8 Å². The molecule has 3 nitrogen and oxygen atoms in total. The van der Waals surface area contributed by atoms with Gasteiger partial charge in [0.1, 0.15) is 0 Å². The van der Waals surface area contributed by atoms with E-state index in [1.165, 1.54) is 0 Å². The van der Waals surface area contributed by atoms with Gasteiger partial charge in [0.2, 0.25) is 0 Å². The van der Waals surface area contributed by atoms with E-state index in [1.807, 2.05) is 0 Å². The minimum Gasteiger partial charge on any atom is -0.377 e. The second-order valence-corrected chi connectivity index (χ2v) is 4.40. The SMILES string of the molecule is CC(CN)CNC1(C)CCOC1C. The lowest BCUT2D eigenvalue weighted by Gasteiger charge is -2.30. The third-order valence-corrected chi connectivity index (χ3v) is 3.14. The molecule has 0 radical (unpaired) electrons. The topological polar surface area (TPSA) is 47.3 Å². The fourth-order valence-electron chi connectivity index (χ4n) is 1.56. The third-order valence-electron chi connectivity index (χ3n) is 3.14. The zero-order chi connectivity index (χ0) is 9.90. The lowest BCUT2D eigenvalue weighted by Crippen LogP contribution is -2.49. The Morgan fingerprint density at radius 2 is 2.38 bits per heavy atom. The first-order chi connectivity index (χ1) is 6.08. The van der Waals surface area contributed by atoms with Gasteiger partial charge in [-0.1, -0.05) is 6.92 Å². The molecule has 3 N–H and O–H groups in total. The van der Waals surface area contributed by atoms with Crippen molar-refractivity contribution in [3.05, 3.63) is 0 Å². The fourth-order valence-corrected chi connectivity index (χ4v) is 1.56. The van der Waals surface area contributed by atoms with Crippen LogP contribution < -0.4 is 11.1 Å². The molecular weight excluding hydrogens is 164 g/mol. The van der Waals surface area contributed by atoms with Gasteiger partial charge in [-0.3, -0.25) is 0 Å². The highest BCUT2D eigenvalue weighted by atomic mass is 16.5. The summed E-state index contributed by atoms with van der Waals surface area (Å²) in [6, 6.07) is 0. The van der Waals surface area contributed by atoms with Crippen molar-refractivity contribution in [3.8, 4) is 0 Å². The average molecular weight is 186 g/mol. The molecule has 0 aromatic rings. The van der Waals surface area contributed by atoms with Gasteiger partial charge in [0.05, 0.1) is 6.10 Å². The molecule has 1 fully saturated rings. The average Bonchev–Trinajstić information content (AvgIpc) is 2.44. The Hall–Kier alpha value is -0.120. The highest BCUT2D eigenvalue weighted by Crippen LogP contribution is 2.24. The Morgan fingerprint density at radius 1 is 1.69 bits per heavy atom. The first-order valence-electron chi connectivity index (χ1n) is 5.15. The standard InChI is InChI=1S/C10H22N2O/c1-8(6-11)7-12-10(3)4-5-13-9(10)2/h8-9,12H,4-7,11H2,1-3H3. The van der Waals surface area contributed by atoms with E-state index in [2.05, 4.69) is 26.1 Å². The molecular formula is C10H22N2O. The van der Waals surface area contributed by atoms with Crippen LogP contribution in [0.1, 0.15) is 27.2 Å². The minimum atomic E-state index is 0.156. The molecule has 0 bridgehead atoms. The smallest absolute Gasteiger partial charge is 0.0726 e. The van der Waals surface area contributed by atoms with Crippen LogP contribution in [-0.2, 0) is 4.74 Å². The van der Waals surface area contributed by atoms with Gasteiger partial charge in [0.15, 0.2) is 0 Å². The van der Waals surface area contributed by atoms with Crippen LogP contribution in [0, 0.1) is 5.92 Å².